The summed E-state index contributed by atoms with van der Waals surface area (Å²) in [6, 6.07) is -0.759. The summed E-state index contributed by atoms with van der Waals surface area (Å²) >= 11 is 0.607. The Labute approximate surface area is 328 Å². The minimum absolute atomic E-state index is 0.00782. The molecule has 0 radical (unpaired) electrons. The van der Waals surface area contributed by atoms with Gasteiger partial charge < -0.3 is 34.6 Å². The third kappa shape index (κ3) is 7.13. The molecule has 2 aliphatic carbocycles. The van der Waals surface area contributed by atoms with Gasteiger partial charge in [0.25, 0.3) is 5.56 Å². The molecule has 11 atom stereocenters. The first kappa shape index (κ1) is 40.4. The number of ether oxygens (including phenoxy) is 3. The molecule has 4 fully saturated rings. The first-order valence-electron chi connectivity index (χ1n) is 18.1. The van der Waals surface area contributed by atoms with Crippen molar-refractivity contribution < 1.29 is 55.9 Å². The summed E-state index contributed by atoms with van der Waals surface area (Å²) in [5, 5.41) is 12.1. The van der Waals surface area contributed by atoms with Crippen molar-refractivity contribution >= 4 is 60.1 Å². The number of hydrogen-bond donors (Lipinski definition) is 3. The van der Waals surface area contributed by atoms with Crippen LogP contribution in [0, 0.1) is 23.7 Å². The van der Waals surface area contributed by atoms with Gasteiger partial charge >= 0.3 is 20.6 Å². The number of nitrogens with two attached hydrogens (primary N) is 1. The molecule has 25 heteroatoms. The number of H-pyrrole nitrogens is 1. The number of aromatic nitrogens is 8. The van der Waals surface area contributed by atoms with Crippen LogP contribution in [0.3, 0.4) is 0 Å². The van der Waals surface area contributed by atoms with Gasteiger partial charge in [0.15, 0.2) is 28.9 Å². The quantitative estimate of drug-likeness (QED) is 0.130. The van der Waals surface area contributed by atoms with E-state index in [0.717, 1.165) is 0 Å². The number of methoxy groups -OCH3 is 1. The van der Waals surface area contributed by atoms with Crippen molar-refractivity contribution in [2.45, 2.75) is 83.8 Å². The largest absolute Gasteiger partial charge is 0.475 e. The molecule has 4 N–H and O–H groups in total. The van der Waals surface area contributed by atoms with Gasteiger partial charge in [0.1, 0.15) is 54.1 Å². The molecule has 0 aromatic carbocycles. The highest BCUT2D eigenvalue weighted by molar-refractivity contribution is 8.55. The fourth-order valence-corrected chi connectivity index (χ4v) is 12.1. The second-order valence-electron chi connectivity index (χ2n) is 15.3. The van der Waals surface area contributed by atoms with Crippen LogP contribution in [0.25, 0.3) is 22.3 Å². The van der Waals surface area contributed by atoms with Crippen molar-refractivity contribution in [3.05, 3.63) is 35.2 Å². The van der Waals surface area contributed by atoms with Gasteiger partial charge in [0, 0.05) is 23.9 Å². The van der Waals surface area contributed by atoms with Gasteiger partial charge in [-0.2, -0.15) is 0 Å². The highest BCUT2D eigenvalue weighted by Gasteiger charge is 2.74. The number of hydrogen-bond acceptors (Lipinski definition) is 20. The molecule has 8 rings (SSSR count). The molecule has 57 heavy (non-hydrogen) atoms. The molecule has 1 spiro atoms. The zero-order valence-corrected chi connectivity index (χ0v) is 34.3. The maximum atomic E-state index is 15.0. The van der Waals surface area contributed by atoms with Crippen molar-refractivity contribution in [1.82, 2.24) is 39.0 Å². The van der Waals surface area contributed by atoms with Crippen molar-refractivity contribution in [1.29, 1.82) is 0 Å². The Bertz CT molecular complexity index is 2350. The summed E-state index contributed by atoms with van der Waals surface area (Å²) in [5.74, 6) is -0.976. The number of phosphoric ester groups is 1. The topological polar surface area (TPSA) is 278 Å². The molecule has 4 aliphatic rings. The van der Waals surface area contributed by atoms with Gasteiger partial charge in [-0.3, -0.25) is 36.8 Å². The minimum atomic E-state index is -4.53. The first-order chi connectivity index (χ1) is 27.0. The van der Waals surface area contributed by atoms with Crippen molar-refractivity contribution in [2.24, 2.45) is 16.7 Å². The maximum absolute atomic E-state index is 15.0. The zero-order valence-electron chi connectivity index (χ0n) is 31.7. The van der Waals surface area contributed by atoms with Gasteiger partial charge in [0.2, 0.25) is 0 Å². The lowest BCUT2D eigenvalue weighted by molar-refractivity contribution is -0.150. The number of nitrogens with one attached hydrogen (secondary N) is 1. The molecular formula is C32H43N9O13P2S. The standard InChI is InChI=1S/C32H43N9O13P2S/c1-7-49-55(45)51-10-32-8-16(32)20(40-12-36-18-25(33)34-11-35-26(18)40)21(42)24(32)54-56(46,57-14-48-30(44)31(3,4)5)50-9-17-22(47-6)23(53-55)29(52-17)41-13-37-19-27(41)38-15(2)39-28(19)43/h11-13,16-17,20-24,29,42H,7-10,14H2,1-6H3,(H2,33,34,35)(H,38,39,43)/t16-,17-,20-,21+,22-,23-,24+,29-,32?,55-,56+/m1/s1. The molecule has 2 aliphatic heterocycles. The normalized spacial score (nSPS) is 35.6. The molecule has 0 amide bonds. The average Bonchev–Trinajstić information content (AvgIpc) is 3.44. The SMILES string of the molecule is CCO[P@]1(=O)OCC23C[C@@H]2[C@@H](n2cnc4c(N)ncnc42)[C@H](O)[C@@H]3O[P@@](=O)(SCOC(=O)C(C)(C)C)OC[C@H]2O[C@@H](n3cnc4c(=O)[nH]c(C)nc43)[C@H](O1)[C@@H]2OC. The molecule has 4 aromatic rings. The monoisotopic (exact) mass is 855 g/mol. The zero-order chi connectivity index (χ0) is 40.7. The van der Waals surface area contributed by atoms with Crippen molar-refractivity contribution in [3.8, 4) is 0 Å². The lowest BCUT2D eigenvalue weighted by atomic mass is 9.98. The number of phosphoric acid groups is 1. The van der Waals surface area contributed by atoms with Crippen LogP contribution >= 0.6 is 26.0 Å². The van der Waals surface area contributed by atoms with E-state index >= 15 is 0 Å². The van der Waals surface area contributed by atoms with Gasteiger partial charge in [-0.25, -0.2) is 34.0 Å². The molecular weight excluding hydrogens is 812 g/mol. The van der Waals surface area contributed by atoms with E-state index in [4.69, 9.17) is 42.6 Å². The predicted octanol–water partition coefficient (Wildman–Crippen LogP) is 3.03. The van der Waals surface area contributed by atoms with Crippen LogP contribution in [0.15, 0.2) is 23.8 Å². The van der Waals surface area contributed by atoms with E-state index in [2.05, 4.69) is 29.9 Å². The van der Waals surface area contributed by atoms with Crippen LogP contribution in [-0.4, -0.2) is 114 Å². The molecule has 310 valence electrons. The van der Waals surface area contributed by atoms with Crippen molar-refractivity contribution in [3.63, 3.8) is 0 Å². The van der Waals surface area contributed by atoms with Crippen LogP contribution in [0.1, 0.15) is 52.2 Å². The van der Waals surface area contributed by atoms with Crippen molar-refractivity contribution in [2.75, 3.05) is 38.6 Å². The van der Waals surface area contributed by atoms with Crippen LogP contribution < -0.4 is 11.3 Å². The predicted molar refractivity (Wildman–Crippen MR) is 199 cm³/mol. The lowest BCUT2D eigenvalue weighted by Crippen LogP contribution is -2.38. The van der Waals surface area contributed by atoms with Gasteiger partial charge in [-0.05, 0) is 47.0 Å². The molecule has 1 unspecified atom stereocenters. The maximum Gasteiger partial charge on any atom is 0.475 e. The summed E-state index contributed by atoms with van der Waals surface area (Å²) in [6.07, 6.45) is -2.85. The number of aromatic amines is 1. The third-order valence-electron chi connectivity index (χ3n) is 10.6. The number of carbonyl (C=O) groups is 1. The van der Waals surface area contributed by atoms with E-state index < -0.39 is 98.2 Å². The number of rotatable bonds is 8. The summed E-state index contributed by atoms with van der Waals surface area (Å²) < 4.78 is 81.2. The van der Waals surface area contributed by atoms with Crippen LogP contribution in [0.2, 0.25) is 0 Å². The van der Waals surface area contributed by atoms with Crippen LogP contribution in [0.4, 0.5) is 5.82 Å². The number of nitrogen functional groups attached to an aromatic ring is 1. The Kier molecular flexibility index (Phi) is 10.5. The Balaban J connectivity index is 1.19. The average molecular weight is 856 g/mol. The Hall–Kier alpha value is -3.34. The van der Waals surface area contributed by atoms with E-state index in [1.54, 1.807) is 39.2 Å². The summed E-state index contributed by atoms with van der Waals surface area (Å²) in [7, 11) is -3.16. The number of imidazole rings is 2. The smallest absolute Gasteiger partial charge is 0.454 e. The van der Waals surface area contributed by atoms with Gasteiger partial charge in [-0.15, -0.1) is 0 Å². The molecule has 22 nitrogen and oxygen atoms in total. The molecule has 2 saturated carbocycles. The van der Waals surface area contributed by atoms with Gasteiger partial charge in [0.05, 0.1) is 43.9 Å². The Morgan fingerprint density at radius 1 is 1.12 bits per heavy atom. The number of aryl methyl sites for hydroxylation is 1. The number of anilines is 1. The number of fused-ring (bicyclic) bond motifs is 4. The van der Waals surface area contributed by atoms with Gasteiger partial charge in [-0.1, -0.05) is 0 Å². The highest BCUT2D eigenvalue weighted by atomic mass is 32.7. The second kappa shape index (κ2) is 14.7. The third-order valence-corrected chi connectivity index (χ3v) is 15.4. The molecule has 4 aromatic heterocycles. The van der Waals surface area contributed by atoms with E-state index in [9.17, 15) is 23.8 Å². The van der Waals surface area contributed by atoms with E-state index in [1.165, 1.54) is 30.7 Å². The minimum Gasteiger partial charge on any atom is -0.454 e. The summed E-state index contributed by atoms with van der Waals surface area (Å²) in [5.41, 5.74) is 4.40. The summed E-state index contributed by atoms with van der Waals surface area (Å²) in [6.45, 7) is 2.90. The number of nitrogens with zero attached hydrogens (tertiary/aromatic N) is 7. The van der Waals surface area contributed by atoms with Crippen LogP contribution in [0.5, 0.6) is 0 Å². The van der Waals surface area contributed by atoms with Crippen LogP contribution in [-0.2, 0) is 50.8 Å². The fourth-order valence-electron chi connectivity index (χ4n) is 7.81. The number of aliphatic hydroxyl groups is 1. The summed E-state index contributed by atoms with van der Waals surface area (Å²) in [4.78, 5) is 49.5. The van der Waals surface area contributed by atoms with E-state index in [0.29, 0.717) is 34.8 Å². The number of carbonyl (C=O) groups excluding carboxylic acids is 1. The highest BCUT2D eigenvalue weighted by Crippen LogP contribution is 2.74. The molecule has 2 bridgehead atoms. The Morgan fingerprint density at radius 3 is 2.61 bits per heavy atom. The second-order valence-corrected chi connectivity index (χ2v) is 20.9. The first-order valence-corrected chi connectivity index (χ1v) is 22.7. The molecule has 2 saturated heterocycles. The number of esters is 1. The lowest BCUT2D eigenvalue weighted by Gasteiger charge is -2.32. The number of aliphatic hydroxyl groups excluding tert-OH is 1. The van der Waals surface area contributed by atoms with E-state index in [-0.39, 0.29) is 30.2 Å². The molecule has 6 heterocycles. The fraction of sp³-hybridized carbons (Fsp3) is 0.656. The van der Waals surface area contributed by atoms with E-state index in [1.807, 2.05) is 0 Å². The Morgan fingerprint density at radius 2 is 1.88 bits per heavy atom.